The van der Waals surface area contributed by atoms with Gasteiger partial charge in [-0.15, -0.1) is 0 Å². The number of hydrogen-bond acceptors (Lipinski definition) is 4. The lowest BCUT2D eigenvalue weighted by atomic mass is 10.1. The summed E-state index contributed by atoms with van der Waals surface area (Å²) in [4.78, 5) is 8.79. The molecule has 2 atom stereocenters. The predicted octanol–water partition coefficient (Wildman–Crippen LogP) is 2.80. The molecule has 0 saturated heterocycles. The zero-order valence-corrected chi connectivity index (χ0v) is 11.5. The number of rotatable bonds is 3. The van der Waals surface area contributed by atoms with Gasteiger partial charge in [-0.05, 0) is 32.4 Å². The van der Waals surface area contributed by atoms with Crippen LogP contribution in [0.4, 0.5) is 0 Å². The van der Waals surface area contributed by atoms with Crippen molar-refractivity contribution in [2.75, 3.05) is 7.05 Å². The third kappa shape index (κ3) is 3.68. The Morgan fingerprint density at radius 3 is 2.59 bits per heavy atom. The summed E-state index contributed by atoms with van der Waals surface area (Å²) in [5.74, 6) is 0. The van der Waals surface area contributed by atoms with Crippen LogP contribution in [0.5, 0.6) is 0 Å². The second-order valence-corrected chi connectivity index (χ2v) is 5.94. The molecular weight excluding hydrogens is 230 g/mol. The van der Waals surface area contributed by atoms with Crippen LogP contribution in [0, 0.1) is 6.92 Å². The molecule has 3 nitrogen and oxygen atoms in total. The van der Waals surface area contributed by atoms with Crippen molar-refractivity contribution in [1.82, 2.24) is 15.3 Å². The first-order valence-electron chi connectivity index (χ1n) is 6.42. The van der Waals surface area contributed by atoms with Gasteiger partial charge in [0.1, 0.15) is 0 Å². The van der Waals surface area contributed by atoms with Crippen LogP contribution in [0.15, 0.2) is 17.6 Å². The fourth-order valence-corrected chi connectivity index (χ4v) is 3.54. The van der Waals surface area contributed by atoms with Crippen molar-refractivity contribution in [3.05, 3.63) is 18.0 Å². The predicted molar refractivity (Wildman–Crippen MR) is 72.3 cm³/mol. The molecule has 0 spiro atoms. The van der Waals surface area contributed by atoms with Gasteiger partial charge in [0, 0.05) is 23.7 Å². The van der Waals surface area contributed by atoms with E-state index in [-0.39, 0.29) is 0 Å². The smallest absolute Gasteiger partial charge is 0.187 e. The van der Waals surface area contributed by atoms with Gasteiger partial charge in [0.05, 0.1) is 0 Å². The van der Waals surface area contributed by atoms with Crippen LogP contribution in [-0.4, -0.2) is 28.3 Å². The Morgan fingerprint density at radius 2 is 1.88 bits per heavy atom. The highest BCUT2D eigenvalue weighted by atomic mass is 32.2. The molecule has 0 bridgehead atoms. The molecule has 2 rings (SSSR count). The summed E-state index contributed by atoms with van der Waals surface area (Å²) in [7, 11) is 2.07. The highest BCUT2D eigenvalue weighted by Gasteiger charge is 2.23. The highest BCUT2D eigenvalue weighted by Crippen LogP contribution is 2.31. The molecule has 1 fully saturated rings. The van der Waals surface area contributed by atoms with Crippen LogP contribution in [0.3, 0.4) is 0 Å². The van der Waals surface area contributed by atoms with Crippen LogP contribution in [-0.2, 0) is 0 Å². The first-order valence-corrected chi connectivity index (χ1v) is 7.30. The fourth-order valence-electron chi connectivity index (χ4n) is 2.32. The van der Waals surface area contributed by atoms with Gasteiger partial charge in [0.2, 0.25) is 0 Å². The van der Waals surface area contributed by atoms with Gasteiger partial charge in [-0.2, -0.15) is 0 Å². The summed E-state index contributed by atoms with van der Waals surface area (Å²) in [5.41, 5.74) is 1.13. The third-order valence-electron chi connectivity index (χ3n) is 3.34. The van der Waals surface area contributed by atoms with Crippen molar-refractivity contribution >= 4 is 11.8 Å². The summed E-state index contributed by atoms with van der Waals surface area (Å²) in [6.07, 6.45) is 10.4. The molecule has 0 aliphatic heterocycles. The molecule has 1 saturated carbocycles. The summed E-state index contributed by atoms with van der Waals surface area (Å²) in [5, 5.41) is 4.98. The van der Waals surface area contributed by atoms with Gasteiger partial charge in [-0.3, -0.25) is 0 Å². The van der Waals surface area contributed by atoms with Crippen LogP contribution < -0.4 is 5.32 Å². The van der Waals surface area contributed by atoms with E-state index in [0.717, 1.165) is 10.7 Å². The average molecular weight is 251 g/mol. The standard InChI is InChI=1S/C13H21N3S/c1-10-8-15-13(16-9-10)17-12-7-5-3-4-6-11(12)14-2/h8-9,11-12,14H,3-7H2,1-2H3. The summed E-state index contributed by atoms with van der Waals surface area (Å²) >= 11 is 1.83. The minimum atomic E-state index is 0.604. The Hall–Kier alpha value is -0.610. The first-order chi connectivity index (χ1) is 8.29. The molecule has 1 aromatic rings. The lowest BCUT2D eigenvalue weighted by Crippen LogP contribution is -2.34. The van der Waals surface area contributed by atoms with Crippen LogP contribution in [0.25, 0.3) is 0 Å². The number of aryl methyl sites for hydroxylation is 1. The molecule has 17 heavy (non-hydrogen) atoms. The topological polar surface area (TPSA) is 37.8 Å². The molecule has 1 aliphatic rings. The van der Waals surface area contributed by atoms with Crippen LogP contribution >= 0.6 is 11.8 Å². The number of thioether (sulfide) groups is 1. The highest BCUT2D eigenvalue weighted by molar-refractivity contribution is 7.99. The van der Waals surface area contributed by atoms with Crippen molar-refractivity contribution in [1.29, 1.82) is 0 Å². The van der Waals surface area contributed by atoms with Crippen LogP contribution in [0.1, 0.15) is 37.7 Å². The SMILES string of the molecule is CNC1CCCCCC1Sc1ncc(C)cn1. The molecule has 0 radical (unpaired) electrons. The van der Waals surface area contributed by atoms with Gasteiger partial charge in [-0.25, -0.2) is 9.97 Å². The van der Waals surface area contributed by atoms with E-state index >= 15 is 0 Å². The minimum Gasteiger partial charge on any atom is -0.316 e. The van der Waals surface area contributed by atoms with E-state index < -0.39 is 0 Å². The number of nitrogens with one attached hydrogen (secondary N) is 1. The first kappa shape index (κ1) is 12.8. The van der Waals surface area contributed by atoms with E-state index in [1.54, 1.807) is 0 Å². The number of hydrogen-bond donors (Lipinski definition) is 1. The molecule has 1 aromatic heterocycles. The Kier molecular flexibility index (Phi) is 4.80. The molecule has 4 heteroatoms. The second kappa shape index (κ2) is 6.36. The Balaban J connectivity index is 2.01. The quantitative estimate of drug-likeness (QED) is 0.662. The Bertz CT molecular complexity index is 339. The fraction of sp³-hybridized carbons (Fsp3) is 0.692. The Labute approximate surface area is 108 Å². The summed E-state index contributed by atoms with van der Waals surface area (Å²) in [6, 6.07) is 0.604. The van der Waals surface area contributed by atoms with Crippen molar-refractivity contribution < 1.29 is 0 Å². The molecule has 94 valence electrons. The van der Waals surface area contributed by atoms with Gasteiger partial charge in [0.15, 0.2) is 5.16 Å². The molecular formula is C13H21N3S. The molecule has 2 unspecified atom stereocenters. The van der Waals surface area contributed by atoms with E-state index in [9.17, 15) is 0 Å². The molecule has 0 amide bonds. The van der Waals surface area contributed by atoms with E-state index in [1.807, 2.05) is 31.1 Å². The van der Waals surface area contributed by atoms with Crippen molar-refractivity contribution in [2.24, 2.45) is 0 Å². The van der Waals surface area contributed by atoms with Gasteiger partial charge in [0.25, 0.3) is 0 Å². The number of nitrogens with zero attached hydrogens (tertiary/aromatic N) is 2. The van der Waals surface area contributed by atoms with Gasteiger partial charge in [-0.1, -0.05) is 31.0 Å². The minimum absolute atomic E-state index is 0.604. The van der Waals surface area contributed by atoms with Crippen molar-refractivity contribution in [2.45, 2.75) is 55.5 Å². The molecule has 0 aromatic carbocycles. The zero-order chi connectivity index (χ0) is 12.1. The zero-order valence-electron chi connectivity index (χ0n) is 10.6. The van der Waals surface area contributed by atoms with Crippen molar-refractivity contribution in [3.8, 4) is 0 Å². The monoisotopic (exact) mass is 251 g/mol. The van der Waals surface area contributed by atoms with Crippen LogP contribution in [0.2, 0.25) is 0 Å². The summed E-state index contributed by atoms with van der Waals surface area (Å²) in [6.45, 7) is 2.02. The third-order valence-corrected chi connectivity index (χ3v) is 4.63. The van der Waals surface area contributed by atoms with Gasteiger partial charge < -0.3 is 5.32 Å². The molecule has 1 heterocycles. The average Bonchev–Trinajstić information content (AvgIpc) is 2.57. The maximum Gasteiger partial charge on any atom is 0.187 e. The van der Waals surface area contributed by atoms with E-state index in [0.29, 0.717) is 11.3 Å². The summed E-state index contributed by atoms with van der Waals surface area (Å²) < 4.78 is 0. The Morgan fingerprint density at radius 1 is 1.18 bits per heavy atom. The largest absolute Gasteiger partial charge is 0.316 e. The van der Waals surface area contributed by atoms with Crippen molar-refractivity contribution in [3.63, 3.8) is 0 Å². The second-order valence-electron chi connectivity index (χ2n) is 4.73. The normalized spacial score (nSPS) is 25.5. The van der Waals surface area contributed by atoms with Gasteiger partial charge >= 0.3 is 0 Å². The maximum atomic E-state index is 4.40. The lowest BCUT2D eigenvalue weighted by Gasteiger charge is -2.23. The lowest BCUT2D eigenvalue weighted by molar-refractivity contribution is 0.509. The van der Waals surface area contributed by atoms with E-state index in [2.05, 4.69) is 22.3 Å². The van der Waals surface area contributed by atoms with E-state index in [4.69, 9.17) is 0 Å². The molecule has 1 aliphatic carbocycles. The molecule has 1 N–H and O–H groups in total. The van der Waals surface area contributed by atoms with E-state index in [1.165, 1.54) is 32.1 Å². The maximum absolute atomic E-state index is 4.40. The number of aromatic nitrogens is 2.